The van der Waals surface area contributed by atoms with Crippen molar-refractivity contribution in [1.82, 2.24) is 15.3 Å². The predicted molar refractivity (Wildman–Crippen MR) is 117 cm³/mol. The smallest absolute Gasteiger partial charge is 0.221 e. The number of nitrogens with zero attached hydrogens (tertiary/aromatic N) is 1. The zero-order chi connectivity index (χ0) is 20.9. The first-order valence-corrected chi connectivity index (χ1v) is 10.2. The Morgan fingerprint density at radius 1 is 1.10 bits per heavy atom. The van der Waals surface area contributed by atoms with E-state index < -0.39 is 0 Å². The number of halogens is 1. The zero-order valence-corrected chi connectivity index (χ0v) is 16.9. The third-order valence-corrected chi connectivity index (χ3v) is 5.44. The van der Waals surface area contributed by atoms with Crippen LogP contribution in [0, 0.1) is 5.82 Å². The Hall–Kier alpha value is -3.47. The van der Waals surface area contributed by atoms with Crippen LogP contribution in [-0.2, 0) is 17.8 Å². The molecule has 0 saturated heterocycles. The first kappa shape index (κ1) is 19.8. The number of nitrogens with one attached hydrogen (secondary N) is 2. The van der Waals surface area contributed by atoms with Crippen LogP contribution in [0.2, 0.25) is 0 Å². The second kappa shape index (κ2) is 8.91. The molecular formula is C25H24FN3O. The van der Waals surface area contributed by atoms with Crippen molar-refractivity contribution in [2.45, 2.75) is 32.2 Å². The summed E-state index contributed by atoms with van der Waals surface area (Å²) in [4.78, 5) is 20.4. The van der Waals surface area contributed by atoms with Crippen molar-refractivity contribution < 1.29 is 9.18 Å². The van der Waals surface area contributed by atoms with Crippen molar-refractivity contribution in [3.8, 4) is 0 Å². The van der Waals surface area contributed by atoms with E-state index in [2.05, 4.69) is 34.3 Å². The second-order valence-electron chi connectivity index (χ2n) is 7.34. The van der Waals surface area contributed by atoms with Gasteiger partial charge in [-0.3, -0.25) is 9.78 Å². The number of aromatic amines is 1. The molecule has 0 spiro atoms. The first-order chi connectivity index (χ1) is 14.7. The second-order valence-corrected chi connectivity index (χ2v) is 7.34. The topological polar surface area (TPSA) is 57.8 Å². The van der Waals surface area contributed by atoms with Gasteiger partial charge in [-0.05, 0) is 47.4 Å². The van der Waals surface area contributed by atoms with Gasteiger partial charge in [0.15, 0.2) is 0 Å². The van der Waals surface area contributed by atoms with E-state index in [1.807, 2.05) is 30.5 Å². The van der Waals surface area contributed by atoms with Crippen molar-refractivity contribution in [2.75, 3.05) is 0 Å². The molecule has 1 unspecified atom stereocenters. The summed E-state index contributed by atoms with van der Waals surface area (Å²) in [6, 6.07) is 18.2. The summed E-state index contributed by atoms with van der Waals surface area (Å²) in [7, 11) is 0. The van der Waals surface area contributed by atoms with Crippen LogP contribution < -0.4 is 5.32 Å². The fraction of sp³-hybridized carbons (Fsp3) is 0.200. The van der Waals surface area contributed by atoms with Crippen molar-refractivity contribution in [1.29, 1.82) is 0 Å². The lowest BCUT2D eigenvalue weighted by atomic mass is 9.87. The molecule has 0 saturated carbocycles. The monoisotopic (exact) mass is 401 g/mol. The molecule has 1 amide bonds. The molecular weight excluding hydrogens is 377 g/mol. The number of amides is 1. The van der Waals surface area contributed by atoms with Gasteiger partial charge in [-0.2, -0.15) is 0 Å². The van der Waals surface area contributed by atoms with Crippen LogP contribution in [0.3, 0.4) is 0 Å². The lowest BCUT2D eigenvalue weighted by Gasteiger charge is -2.17. The van der Waals surface area contributed by atoms with Gasteiger partial charge < -0.3 is 10.3 Å². The molecule has 1 atom stereocenters. The molecule has 0 aliphatic heterocycles. The van der Waals surface area contributed by atoms with E-state index in [9.17, 15) is 9.18 Å². The molecule has 30 heavy (non-hydrogen) atoms. The van der Waals surface area contributed by atoms with Gasteiger partial charge in [0.05, 0.1) is 12.2 Å². The van der Waals surface area contributed by atoms with Crippen molar-refractivity contribution in [3.63, 3.8) is 0 Å². The highest BCUT2D eigenvalue weighted by Crippen LogP contribution is 2.34. The average molecular weight is 401 g/mol. The lowest BCUT2D eigenvalue weighted by Crippen LogP contribution is -2.25. The number of aromatic nitrogens is 2. The average Bonchev–Trinajstić information content (AvgIpc) is 3.21. The number of hydrogen-bond donors (Lipinski definition) is 2. The zero-order valence-electron chi connectivity index (χ0n) is 16.9. The minimum atomic E-state index is -0.288. The van der Waals surface area contributed by atoms with Crippen LogP contribution in [0.5, 0.6) is 0 Å². The van der Waals surface area contributed by atoms with Gasteiger partial charge in [0.2, 0.25) is 5.91 Å². The van der Waals surface area contributed by atoms with E-state index in [1.54, 1.807) is 18.3 Å². The Morgan fingerprint density at radius 2 is 1.93 bits per heavy atom. The molecule has 0 radical (unpaired) electrons. The number of pyridine rings is 1. The highest BCUT2D eigenvalue weighted by Gasteiger charge is 2.22. The quantitative estimate of drug-likeness (QED) is 0.452. The van der Waals surface area contributed by atoms with Crippen LogP contribution >= 0.6 is 0 Å². The molecule has 2 aromatic heterocycles. The van der Waals surface area contributed by atoms with Gasteiger partial charge >= 0.3 is 0 Å². The van der Waals surface area contributed by atoms with Gasteiger partial charge in [0.25, 0.3) is 0 Å². The highest BCUT2D eigenvalue weighted by atomic mass is 19.1. The summed E-state index contributed by atoms with van der Waals surface area (Å²) >= 11 is 0. The van der Waals surface area contributed by atoms with E-state index in [4.69, 9.17) is 0 Å². The first-order valence-electron chi connectivity index (χ1n) is 10.2. The third kappa shape index (κ3) is 4.25. The molecule has 2 heterocycles. The maximum absolute atomic E-state index is 13.5. The number of benzene rings is 2. The number of H-pyrrole nitrogens is 1. The summed E-state index contributed by atoms with van der Waals surface area (Å²) in [5, 5.41) is 4.06. The minimum Gasteiger partial charge on any atom is -0.361 e. The Bertz CT molecular complexity index is 1140. The number of rotatable bonds is 7. The molecule has 5 heteroatoms. The Balaban J connectivity index is 1.64. The summed E-state index contributed by atoms with van der Waals surface area (Å²) in [5.41, 5.74) is 5.09. The summed E-state index contributed by atoms with van der Waals surface area (Å²) in [6.45, 7) is 2.50. The predicted octanol–water partition coefficient (Wildman–Crippen LogP) is 5.10. The molecule has 0 bridgehead atoms. The Morgan fingerprint density at radius 3 is 2.67 bits per heavy atom. The molecule has 4 nitrogen and oxygen atoms in total. The number of carbonyl (C=O) groups is 1. The minimum absolute atomic E-state index is 0.0732. The number of aryl methyl sites for hydroxylation is 1. The SMILES string of the molecule is CCc1cccc2c(C(CC(=O)NCc3ccccn3)c3ccc(F)cc3)c[nH]c12. The Labute approximate surface area is 175 Å². The number of fused-ring (bicyclic) bond motifs is 1. The Kier molecular flexibility index (Phi) is 5.89. The molecule has 2 aromatic carbocycles. The van der Waals surface area contributed by atoms with Crippen LogP contribution in [0.25, 0.3) is 10.9 Å². The number of carbonyl (C=O) groups excluding carboxylic acids is 1. The molecule has 4 aromatic rings. The molecule has 0 fully saturated rings. The number of para-hydroxylation sites is 1. The van der Waals surface area contributed by atoms with E-state index in [0.29, 0.717) is 6.54 Å². The maximum atomic E-state index is 13.5. The van der Waals surface area contributed by atoms with E-state index in [1.165, 1.54) is 17.7 Å². The van der Waals surface area contributed by atoms with Crippen molar-refractivity contribution in [2.24, 2.45) is 0 Å². The fourth-order valence-electron chi connectivity index (χ4n) is 3.87. The summed E-state index contributed by atoms with van der Waals surface area (Å²) < 4.78 is 13.5. The van der Waals surface area contributed by atoms with E-state index in [-0.39, 0.29) is 24.1 Å². The number of hydrogen-bond acceptors (Lipinski definition) is 2. The van der Waals surface area contributed by atoms with Crippen LogP contribution in [0.1, 0.15) is 41.6 Å². The van der Waals surface area contributed by atoms with Gasteiger partial charge in [0, 0.05) is 35.6 Å². The van der Waals surface area contributed by atoms with E-state index in [0.717, 1.165) is 34.1 Å². The highest BCUT2D eigenvalue weighted by molar-refractivity contribution is 5.88. The standard InChI is InChI=1S/C25H24FN3O/c1-2-17-6-5-8-21-23(16-29-25(17)21)22(18-9-11-19(26)12-10-18)14-24(30)28-15-20-7-3-4-13-27-20/h3-13,16,22,29H,2,14-15H2,1H3,(H,28,30). The van der Waals surface area contributed by atoms with Crippen molar-refractivity contribution in [3.05, 3.63) is 101 Å². The molecule has 0 aliphatic rings. The van der Waals surface area contributed by atoms with Gasteiger partial charge in [0.1, 0.15) is 5.82 Å². The molecule has 152 valence electrons. The summed E-state index contributed by atoms with van der Waals surface area (Å²) in [6.07, 6.45) is 4.87. The van der Waals surface area contributed by atoms with Gasteiger partial charge in [-0.15, -0.1) is 0 Å². The van der Waals surface area contributed by atoms with Gasteiger partial charge in [-0.25, -0.2) is 4.39 Å². The molecule has 4 rings (SSSR count). The van der Waals surface area contributed by atoms with Crippen LogP contribution in [-0.4, -0.2) is 15.9 Å². The van der Waals surface area contributed by atoms with Crippen molar-refractivity contribution >= 4 is 16.8 Å². The lowest BCUT2D eigenvalue weighted by molar-refractivity contribution is -0.121. The summed E-state index contributed by atoms with van der Waals surface area (Å²) in [5.74, 6) is -0.546. The fourth-order valence-corrected chi connectivity index (χ4v) is 3.87. The van der Waals surface area contributed by atoms with Crippen LogP contribution in [0.15, 0.2) is 73.1 Å². The third-order valence-electron chi connectivity index (χ3n) is 5.44. The van der Waals surface area contributed by atoms with Crippen LogP contribution in [0.4, 0.5) is 4.39 Å². The largest absolute Gasteiger partial charge is 0.361 e. The molecule has 0 aliphatic carbocycles. The van der Waals surface area contributed by atoms with Gasteiger partial charge in [-0.1, -0.05) is 43.3 Å². The molecule has 2 N–H and O–H groups in total. The van der Waals surface area contributed by atoms with E-state index >= 15 is 0 Å². The maximum Gasteiger partial charge on any atom is 0.221 e. The normalized spacial score (nSPS) is 12.1.